The molecule has 7 heteroatoms. The van der Waals surface area contributed by atoms with Gasteiger partial charge in [0.2, 0.25) is 0 Å². The van der Waals surface area contributed by atoms with Gasteiger partial charge in [-0.15, -0.1) is 0 Å². The van der Waals surface area contributed by atoms with Gasteiger partial charge in [-0.05, 0) is 77.4 Å². The van der Waals surface area contributed by atoms with Crippen LogP contribution in [0, 0.1) is 5.92 Å². The molecule has 0 spiro atoms. The largest absolute Gasteiger partial charge is 0.378 e. The zero-order chi connectivity index (χ0) is 22.8. The molecule has 29 heavy (non-hydrogen) atoms. The van der Waals surface area contributed by atoms with Crippen LogP contribution in [0.3, 0.4) is 0 Å². The van der Waals surface area contributed by atoms with Crippen molar-refractivity contribution in [3.05, 3.63) is 0 Å². The molecule has 0 N–H and O–H groups in total. The van der Waals surface area contributed by atoms with Crippen LogP contribution >= 0.6 is 19.2 Å². The normalized spacial score (nSPS) is 16.9. The highest BCUT2D eigenvalue weighted by atomic mass is 33.2. The Bertz CT molecular complexity index is 482. The van der Waals surface area contributed by atoms with Crippen LogP contribution in [0.25, 0.3) is 0 Å². The Balaban J connectivity index is 6.68. The fourth-order valence-corrected chi connectivity index (χ4v) is 10.8. The molecule has 0 aromatic heterocycles. The van der Waals surface area contributed by atoms with Crippen LogP contribution in [-0.4, -0.2) is 49.6 Å². The van der Waals surface area contributed by atoms with Crippen LogP contribution in [-0.2, 0) is 21.5 Å². The van der Waals surface area contributed by atoms with E-state index in [9.17, 15) is 0 Å². The lowest BCUT2D eigenvalue weighted by Gasteiger charge is -2.76. The third-order valence-corrected chi connectivity index (χ3v) is 13.0. The summed E-state index contributed by atoms with van der Waals surface area (Å²) in [4.78, 5) is 0. The molecule has 5 nitrogen and oxygen atoms in total. The van der Waals surface area contributed by atoms with Gasteiger partial charge in [0.05, 0.1) is 51.8 Å². The van der Waals surface area contributed by atoms with E-state index in [2.05, 4.69) is 34.6 Å². The van der Waals surface area contributed by atoms with E-state index < -0.39 is 14.1 Å². The summed E-state index contributed by atoms with van der Waals surface area (Å²) in [5.41, 5.74) is -0.529. The lowest BCUT2D eigenvalue weighted by Crippen LogP contribution is -2.52. The second-order valence-corrected chi connectivity index (χ2v) is 16.9. The molecule has 0 aliphatic heterocycles. The first kappa shape index (κ1) is 29.5. The maximum Gasteiger partial charge on any atom is 0.0782 e. The lowest BCUT2D eigenvalue weighted by molar-refractivity contribution is -0.0179. The predicted octanol–water partition coefficient (Wildman–Crippen LogP) is 7.34. The molecule has 0 radical (unpaired) electrons. The summed E-state index contributed by atoms with van der Waals surface area (Å²) in [6.07, 6.45) is 4.78. The van der Waals surface area contributed by atoms with Gasteiger partial charge in [0, 0.05) is 0 Å². The molecule has 0 rings (SSSR count). The quantitative estimate of drug-likeness (QED) is 0.178. The first-order valence-corrected chi connectivity index (χ1v) is 15.2. The van der Waals surface area contributed by atoms with E-state index in [4.69, 9.17) is 21.5 Å². The van der Waals surface area contributed by atoms with E-state index in [1.165, 1.54) is 10.8 Å². The minimum atomic E-state index is -4.44. The summed E-state index contributed by atoms with van der Waals surface area (Å²) in [5, 5.41) is 0. The molecule has 180 valence electrons. The molecule has 0 aliphatic carbocycles. The monoisotopic (exact) mass is 458 g/mol. The van der Waals surface area contributed by atoms with E-state index in [0.29, 0.717) is 31.5 Å². The average molecular weight is 459 g/mol. The van der Waals surface area contributed by atoms with E-state index >= 15 is 0 Å². The lowest BCUT2D eigenvalue weighted by atomic mass is 10.2. The molecular formula is C22H50O5S2. The number of rotatable bonds is 16. The van der Waals surface area contributed by atoms with Crippen molar-refractivity contribution in [3.8, 4) is 0 Å². The first-order valence-electron chi connectivity index (χ1n) is 11.2. The van der Waals surface area contributed by atoms with Gasteiger partial charge in [-0.3, -0.25) is 16.7 Å². The second-order valence-electron chi connectivity index (χ2n) is 9.42. The van der Waals surface area contributed by atoms with Crippen molar-refractivity contribution in [3.63, 3.8) is 0 Å². The minimum absolute atomic E-state index is 0.0840. The van der Waals surface area contributed by atoms with Crippen molar-refractivity contribution < 1.29 is 21.5 Å². The summed E-state index contributed by atoms with van der Waals surface area (Å²) in [6.45, 7) is 22.2. The van der Waals surface area contributed by atoms with Crippen molar-refractivity contribution in [2.45, 2.75) is 106 Å². The van der Waals surface area contributed by atoms with Gasteiger partial charge in [0.25, 0.3) is 0 Å². The second kappa shape index (κ2) is 11.4. The molecule has 0 bridgehead atoms. The van der Waals surface area contributed by atoms with Crippen LogP contribution in [0.4, 0.5) is 0 Å². The number of hydrogen-bond acceptors (Lipinski definition) is 6. The van der Waals surface area contributed by atoms with Crippen molar-refractivity contribution in [2.75, 3.05) is 31.8 Å². The van der Waals surface area contributed by atoms with Crippen LogP contribution in [0.15, 0.2) is 0 Å². The number of unbranched alkanes of at least 4 members (excludes halogenated alkanes) is 1. The molecule has 1 unspecified atom stereocenters. The molecular weight excluding hydrogens is 408 g/mol. The van der Waals surface area contributed by atoms with Crippen LogP contribution in [0.5, 0.6) is 0 Å². The average Bonchev–Trinajstić information content (AvgIpc) is 2.59. The third-order valence-electron chi connectivity index (χ3n) is 4.28. The summed E-state index contributed by atoms with van der Waals surface area (Å²) >= 11 is 0. The zero-order valence-corrected chi connectivity index (χ0v) is 22.7. The van der Waals surface area contributed by atoms with E-state index in [-0.39, 0.29) is 12.2 Å². The molecule has 0 saturated heterocycles. The highest BCUT2D eigenvalue weighted by Gasteiger charge is 2.66. The van der Waals surface area contributed by atoms with Crippen molar-refractivity contribution >= 4 is 19.2 Å². The highest BCUT2D eigenvalue weighted by molar-refractivity contribution is 9.04. The summed E-state index contributed by atoms with van der Waals surface area (Å²) in [5.74, 6) is 0.722. The van der Waals surface area contributed by atoms with Gasteiger partial charge in [0.15, 0.2) is 0 Å². The third kappa shape index (κ3) is 8.87. The molecule has 1 atom stereocenters. The van der Waals surface area contributed by atoms with Crippen molar-refractivity contribution in [2.24, 2.45) is 5.92 Å². The van der Waals surface area contributed by atoms with E-state index in [1.54, 1.807) is 0 Å². The minimum Gasteiger partial charge on any atom is -0.378 e. The van der Waals surface area contributed by atoms with Gasteiger partial charge >= 0.3 is 0 Å². The molecule has 0 heterocycles. The van der Waals surface area contributed by atoms with E-state index in [0.717, 1.165) is 19.3 Å². The highest BCUT2D eigenvalue weighted by Crippen LogP contribution is 3.00. The Morgan fingerprint density at radius 2 is 1.55 bits per heavy atom. The van der Waals surface area contributed by atoms with Crippen LogP contribution in [0.1, 0.15) is 88.5 Å². The van der Waals surface area contributed by atoms with Crippen LogP contribution in [0.2, 0.25) is 0 Å². The Labute approximate surface area is 184 Å². The summed E-state index contributed by atoms with van der Waals surface area (Å²) in [6, 6.07) is 0. The molecule has 0 aliphatic rings. The van der Waals surface area contributed by atoms with Gasteiger partial charge < -0.3 is 4.74 Å². The molecule has 0 amide bonds. The number of hydrogen-bond donors (Lipinski definition) is 0. The molecule has 0 saturated carbocycles. The fourth-order valence-electron chi connectivity index (χ4n) is 2.80. The predicted molar refractivity (Wildman–Crippen MR) is 130 cm³/mol. The maximum atomic E-state index is 6.94. The molecule has 0 fully saturated rings. The standard InChI is InChI=1S/C22H50O5S2/c1-12-14-15-24-29(28-11,25-18-19(3)4,26-21(7)13-2,27-22(8,9)10)17-16-23-20(5)6/h19-21H,12-18H2,1-11H3. The Morgan fingerprint density at radius 1 is 0.931 bits per heavy atom. The topological polar surface area (TPSA) is 46.2 Å². The Morgan fingerprint density at radius 3 is 1.97 bits per heavy atom. The summed E-state index contributed by atoms with van der Waals surface area (Å²) < 4.78 is 33.5. The summed E-state index contributed by atoms with van der Waals surface area (Å²) in [7, 11) is -2.96. The SMILES string of the molecule is CCCCOS(CCOC(C)C)(OCC(C)C)(OC(C)CC)(OC(C)(C)C)SC. The van der Waals surface area contributed by atoms with Gasteiger partial charge in [-0.25, -0.2) is 0 Å². The number of ether oxygens (including phenoxy) is 1. The van der Waals surface area contributed by atoms with Gasteiger partial charge in [-0.1, -0.05) is 34.1 Å². The Hall–Kier alpha value is 0.500. The van der Waals surface area contributed by atoms with Gasteiger partial charge in [0.1, 0.15) is 0 Å². The molecule has 0 aromatic rings. The van der Waals surface area contributed by atoms with E-state index in [1.807, 2.05) is 40.9 Å². The Kier molecular flexibility index (Phi) is 11.6. The van der Waals surface area contributed by atoms with Crippen molar-refractivity contribution in [1.29, 1.82) is 0 Å². The van der Waals surface area contributed by atoms with Crippen molar-refractivity contribution in [1.82, 2.24) is 0 Å². The smallest absolute Gasteiger partial charge is 0.0782 e. The van der Waals surface area contributed by atoms with Gasteiger partial charge in [-0.2, -0.15) is 0 Å². The fraction of sp³-hybridized carbons (Fsp3) is 1.00. The molecule has 0 aromatic carbocycles. The first-order chi connectivity index (χ1) is 13.2. The maximum absolute atomic E-state index is 6.94. The zero-order valence-electron chi connectivity index (χ0n) is 21.0. The van der Waals surface area contributed by atoms with Crippen LogP contribution < -0.4 is 0 Å².